The average Bonchev–Trinajstić information content (AvgIpc) is 2.68. The van der Waals surface area contributed by atoms with Gasteiger partial charge < -0.3 is 10.2 Å². The first-order valence-corrected chi connectivity index (χ1v) is 8.70. The summed E-state index contributed by atoms with van der Waals surface area (Å²) in [6.45, 7) is 2.37. The van der Waals surface area contributed by atoms with Gasteiger partial charge in [0.25, 0.3) is 5.91 Å². The number of nitrogens with zero attached hydrogens (tertiary/aromatic N) is 3. The lowest BCUT2D eigenvalue weighted by Crippen LogP contribution is -2.27. The SMILES string of the molecule is Cc1nc(NCCc2ccc(F)cc2)cc(C(=O)N(C)c2ccccc2)n1. The number of aromatic nitrogens is 2. The monoisotopic (exact) mass is 364 g/mol. The Morgan fingerprint density at radius 1 is 1.07 bits per heavy atom. The molecule has 3 aromatic rings. The molecule has 0 saturated heterocycles. The van der Waals surface area contributed by atoms with Gasteiger partial charge in [-0.15, -0.1) is 0 Å². The lowest BCUT2D eigenvalue weighted by molar-refractivity contribution is 0.0988. The standard InChI is InChI=1S/C21H21FN4O/c1-15-24-19(21(27)26(2)18-6-4-3-5-7-18)14-20(25-15)23-13-12-16-8-10-17(22)11-9-16/h3-11,14H,12-13H2,1-2H3,(H,23,24,25). The third-order valence-electron chi connectivity index (χ3n) is 4.14. The molecule has 138 valence electrons. The molecule has 0 aliphatic rings. The van der Waals surface area contributed by atoms with E-state index in [0.29, 0.717) is 23.9 Å². The zero-order chi connectivity index (χ0) is 19.2. The molecular weight excluding hydrogens is 343 g/mol. The summed E-state index contributed by atoms with van der Waals surface area (Å²) in [6, 6.07) is 17.5. The highest BCUT2D eigenvalue weighted by atomic mass is 19.1. The number of aryl methyl sites for hydroxylation is 1. The summed E-state index contributed by atoms with van der Waals surface area (Å²) in [4.78, 5) is 22.9. The summed E-state index contributed by atoms with van der Waals surface area (Å²) in [5, 5.41) is 3.21. The first-order valence-electron chi connectivity index (χ1n) is 8.70. The minimum atomic E-state index is -0.246. The van der Waals surface area contributed by atoms with Crippen molar-refractivity contribution in [3.8, 4) is 0 Å². The van der Waals surface area contributed by atoms with Crippen LogP contribution in [0.15, 0.2) is 60.7 Å². The number of carbonyl (C=O) groups is 1. The molecule has 2 aromatic carbocycles. The molecule has 0 fully saturated rings. The van der Waals surface area contributed by atoms with Crippen molar-refractivity contribution in [3.63, 3.8) is 0 Å². The van der Waals surface area contributed by atoms with Gasteiger partial charge in [-0.2, -0.15) is 0 Å². The molecule has 0 aliphatic carbocycles. The molecule has 0 unspecified atom stereocenters. The average molecular weight is 364 g/mol. The van der Waals surface area contributed by atoms with Crippen molar-refractivity contribution in [2.24, 2.45) is 0 Å². The normalized spacial score (nSPS) is 10.5. The van der Waals surface area contributed by atoms with E-state index < -0.39 is 0 Å². The van der Waals surface area contributed by atoms with E-state index in [2.05, 4.69) is 15.3 Å². The van der Waals surface area contributed by atoms with Gasteiger partial charge in [0.15, 0.2) is 0 Å². The predicted molar refractivity (Wildman–Crippen MR) is 105 cm³/mol. The molecule has 1 aromatic heterocycles. The van der Waals surface area contributed by atoms with E-state index in [1.807, 2.05) is 30.3 Å². The quantitative estimate of drug-likeness (QED) is 0.722. The van der Waals surface area contributed by atoms with Crippen molar-refractivity contribution >= 4 is 17.4 Å². The molecule has 0 radical (unpaired) electrons. The number of rotatable bonds is 6. The van der Waals surface area contributed by atoms with E-state index in [0.717, 1.165) is 17.7 Å². The topological polar surface area (TPSA) is 58.1 Å². The van der Waals surface area contributed by atoms with Gasteiger partial charge in [0.1, 0.15) is 23.2 Å². The van der Waals surface area contributed by atoms with Gasteiger partial charge in [0.2, 0.25) is 0 Å². The van der Waals surface area contributed by atoms with E-state index in [1.165, 1.54) is 12.1 Å². The molecule has 6 heteroatoms. The zero-order valence-corrected chi connectivity index (χ0v) is 15.3. The summed E-state index contributed by atoms with van der Waals surface area (Å²) >= 11 is 0. The van der Waals surface area contributed by atoms with E-state index in [9.17, 15) is 9.18 Å². The van der Waals surface area contributed by atoms with Crippen LogP contribution in [0.4, 0.5) is 15.9 Å². The number of carbonyl (C=O) groups excluding carboxylic acids is 1. The summed E-state index contributed by atoms with van der Waals surface area (Å²) in [5.74, 6) is 0.665. The molecule has 1 amide bonds. The second-order valence-electron chi connectivity index (χ2n) is 6.19. The van der Waals surface area contributed by atoms with Gasteiger partial charge >= 0.3 is 0 Å². The fourth-order valence-corrected chi connectivity index (χ4v) is 2.69. The zero-order valence-electron chi connectivity index (χ0n) is 15.3. The number of amides is 1. The molecule has 5 nitrogen and oxygen atoms in total. The maximum absolute atomic E-state index is 13.0. The van der Waals surface area contributed by atoms with Crippen molar-refractivity contribution in [2.75, 3.05) is 23.8 Å². The van der Waals surface area contributed by atoms with Crippen LogP contribution in [0, 0.1) is 12.7 Å². The fraction of sp³-hybridized carbons (Fsp3) is 0.190. The number of para-hydroxylation sites is 1. The van der Waals surface area contributed by atoms with Crippen molar-refractivity contribution in [1.82, 2.24) is 9.97 Å². The van der Waals surface area contributed by atoms with Gasteiger partial charge in [-0.05, 0) is 43.2 Å². The number of halogens is 1. The van der Waals surface area contributed by atoms with Gasteiger partial charge in [0, 0.05) is 25.3 Å². The number of nitrogens with one attached hydrogen (secondary N) is 1. The van der Waals surface area contributed by atoms with Crippen molar-refractivity contribution in [2.45, 2.75) is 13.3 Å². The molecule has 1 heterocycles. The van der Waals surface area contributed by atoms with Crippen LogP contribution in [0.5, 0.6) is 0 Å². The van der Waals surface area contributed by atoms with Crippen LogP contribution in [0.25, 0.3) is 0 Å². The number of hydrogen-bond acceptors (Lipinski definition) is 4. The van der Waals surface area contributed by atoms with Crippen LogP contribution in [-0.4, -0.2) is 29.5 Å². The molecule has 0 saturated carbocycles. The fourth-order valence-electron chi connectivity index (χ4n) is 2.69. The smallest absolute Gasteiger partial charge is 0.276 e. The second kappa shape index (κ2) is 8.40. The maximum Gasteiger partial charge on any atom is 0.276 e. The van der Waals surface area contributed by atoms with Crippen molar-refractivity contribution in [1.29, 1.82) is 0 Å². The van der Waals surface area contributed by atoms with Gasteiger partial charge in [-0.3, -0.25) is 4.79 Å². The van der Waals surface area contributed by atoms with Crippen LogP contribution < -0.4 is 10.2 Å². The number of benzene rings is 2. The Balaban J connectivity index is 1.68. The molecular formula is C21H21FN4O. The van der Waals surface area contributed by atoms with Crippen LogP contribution in [0.2, 0.25) is 0 Å². The minimum Gasteiger partial charge on any atom is -0.370 e. The highest BCUT2D eigenvalue weighted by molar-refractivity contribution is 6.04. The maximum atomic E-state index is 13.0. The summed E-state index contributed by atoms with van der Waals surface area (Å²) in [7, 11) is 1.72. The Labute approximate surface area is 157 Å². The van der Waals surface area contributed by atoms with Crippen molar-refractivity contribution in [3.05, 3.63) is 83.6 Å². The molecule has 0 aliphatic heterocycles. The molecule has 27 heavy (non-hydrogen) atoms. The lowest BCUT2D eigenvalue weighted by Gasteiger charge is -2.17. The Morgan fingerprint density at radius 2 is 1.78 bits per heavy atom. The van der Waals surface area contributed by atoms with Crippen molar-refractivity contribution < 1.29 is 9.18 Å². The number of hydrogen-bond donors (Lipinski definition) is 1. The minimum absolute atomic E-state index is 0.201. The molecule has 0 spiro atoms. The third kappa shape index (κ3) is 4.88. The van der Waals surface area contributed by atoms with Gasteiger partial charge in [-0.1, -0.05) is 30.3 Å². The third-order valence-corrected chi connectivity index (χ3v) is 4.14. The van der Waals surface area contributed by atoms with Crippen LogP contribution in [0.3, 0.4) is 0 Å². The van der Waals surface area contributed by atoms with Gasteiger partial charge in [-0.25, -0.2) is 14.4 Å². The van der Waals surface area contributed by atoms with Crippen LogP contribution in [-0.2, 0) is 6.42 Å². The van der Waals surface area contributed by atoms with Crippen LogP contribution in [0.1, 0.15) is 21.9 Å². The molecule has 0 bridgehead atoms. The Bertz CT molecular complexity index is 913. The molecule has 3 rings (SSSR count). The Morgan fingerprint density at radius 3 is 2.48 bits per heavy atom. The van der Waals surface area contributed by atoms with Gasteiger partial charge in [0.05, 0.1) is 0 Å². The summed E-state index contributed by atoms with van der Waals surface area (Å²) in [6.07, 6.45) is 0.719. The van der Waals surface area contributed by atoms with E-state index in [1.54, 1.807) is 37.1 Å². The summed E-state index contributed by atoms with van der Waals surface area (Å²) in [5.41, 5.74) is 2.15. The van der Waals surface area contributed by atoms with Crippen LogP contribution >= 0.6 is 0 Å². The lowest BCUT2D eigenvalue weighted by atomic mass is 10.1. The molecule has 0 atom stereocenters. The second-order valence-corrected chi connectivity index (χ2v) is 6.19. The number of anilines is 2. The first kappa shape index (κ1) is 18.5. The molecule has 1 N–H and O–H groups in total. The summed E-state index contributed by atoms with van der Waals surface area (Å²) < 4.78 is 13.0. The van der Waals surface area contributed by atoms with E-state index in [-0.39, 0.29) is 11.7 Å². The highest BCUT2D eigenvalue weighted by Crippen LogP contribution is 2.16. The highest BCUT2D eigenvalue weighted by Gasteiger charge is 2.16. The van der Waals surface area contributed by atoms with E-state index >= 15 is 0 Å². The predicted octanol–water partition coefficient (Wildman–Crippen LogP) is 3.86. The first-order chi connectivity index (χ1) is 13.0. The largest absolute Gasteiger partial charge is 0.370 e. The van der Waals surface area contributed by atoms with E-state index in [4.69, 9.17) is 0 Å². The Hall–Kier alpha value is -3.28. The Kier molecular flexibility index (Phi) is 5.76.